The molecule has 1 amide bonds. The van der Waals surface area contributed by atoms with Crippen LogP contribution in [0.3, 0.4) is 0 Å². The first-order chi connectivity index (χ1) is 10.0. The predicted octanol–water partition coefficient (Wildman–Crippen LogP) is 2.35. The van der Waals surface area contributed by atoms with Crippen LogP contribution in [0.15, 0.2) is 36.5 Å². The van der Waals surface area contributed by atoms with E-state index in [9.17, 15) is 9.59 Å². The van der Waals surface area contributed by atoms with Gasteiger partial charge in [-0.1, -0.05) is 11.6 Å². The zero-order valence-corrected chi connectivity index (χ0v) is 11.5. The fourth-order valence-corrected chi connectivity index (χ4v) is 1.98. The number of carboxylic acid groups (broad SMARTS) is 1. The summed E-state index contributed by atoms with van der Waals surface area (Å²) in [7, 11) is 0. The third kappa shape index (κ3) is 3.41. The summed E-state index contributed by atoms with van der Waals surface area (Å²) in [6.45, 7) is -0.175. The van der Waals surface area contributed by atoms with Crippen LogP contribution in [0.4, 0.5) is 5.69 Å². The summed E-state index contributed by atoms with van der Waals surface area (Å²) in [6.07, 6.45) is 1.49. The number of anilines is 1. The van der Waals surface area contributed by atoms with Crippen LogP contribution in [0.25, 0.3) is 0 Å². The number of hydrogen-bond acceptors (Lipinski definition) is 3. The van der Waals surface area contributed by atoms with E-state index in [1.165, 1.54) is 35.0 Å². The van der Waals surface area contributed by atoms with Gasteiger partial charge in [-0.15, -0.1) is 0 Å². The number of hydrogen-bond donors (Lipinski definition) is 2. The van der Waals surface area contributed by atoms with Crippen molar-refractivity contribution in [2.24, 2.45) is 0 Å². The van der Waals surface area contributed by atoms with E-state index in [2.05, 4.69) is 5.32 Å². The molecule has 0 aliphatic carbocycles. The third-order valence-electron chi connectivity index (χ3n) is 2.74. The molecule has 7 heteroatoms. The van der Waals surface area contributed by atoms with Gasteiger partial charge in [0.15, 0.2) is 0 Å². The molecular formula is C14H10ClN3O3. The molecule has 1 aromatic heterocycles. The van der Waals surface area contributed by atoms with Gasteiger partial charge < -0.3 is 15.0 Å². The molecule has 106 valence electrons. The number of carbonyl (C=O) groups is 2. The highest BCUT2D eigenvalue weighted by Gasteiger charge is 2.13. The Hall–Kier alpha value is -2.78. The van der Waals surface area contributed by atoms with Crippen molar-refractivity contribution in [3.8, 4) is 6.07 Å². The lowest BCUT2D eigenvalue weighted by molar-refractivity contribution is -0.116. The molecule has 0 aliphatic rings. The lowest BCUT2D eigenvalue weighted by Crippen LogP contribution is -2.21. The summed E-state index contributed by atoms with van der Waals surface area (Å²) in [6, 6.07) is 9.39. The van der Waals surface area contributed by atoms with E-state index in [1.807, 2.05) is 6.07 Å². The van der Waals surface area contributed by atoms with Crippen molar-refractivity contribution in [3.05, 3.63) is 52.8 Å². The fraction of sp³-hybridized carbons (Fsp3) is 0.0714. The number of aromatic nitrogens is 1. The van der Waals surface area contributed by atoms with Crippen molar-refractivity contribution in [2.75, 3.05) is 5.32 Å². The van der Waals surface area contributed by atoms with Crippen LogP contribution in [0.5, 0.6) is 0 Å². The van der Waals surface area contributed by atoms with Gasteiger partial charge >= 0.3 is 5.97 Å². The molecule has 0 aliphatic heterocycles. The average Bonchev–Trinajstić information content (AvgIpc) is 2.87. The van der Waals surface area contributed by atoms with Crippen LogP contribution in [-0.4, -0.2) is 21.6 Å². The second-order valence-electron chi connectivity index (χ2n) is 4.18. The molecule has 2 N–H and O–H groups in total. The molecule has 2 rings (SSSR count). The molecule has 6 nitrogen and oxygen atoms in total. The number of nitrogens with one attached hydrogen (secondary N) is 1. The highest BCUT2D eigenvalue weighted by Crippen LogP contribution is 2.20. The van der Waals surface area contributed by atoms with Crippen LogP contribution in [-0.2, 0) is 11.3 Å². The SMILES string of the molecule is N#Cc1ccc(Cl)cc1NC(=O)Cn1cccc1C(=O)O. The Labute approximate surface area is 125 Å². The Morgan fingerprint density at radius 1 is 1.38 bits per heavy atom. The summed E-state index contributed by atoms with van der Waals surface area (Å²) in [4.78, 5) is 22.9. The summed E-state index contributed by atoms with van der Waals surface area (Å²) in [5.41, 5.74) is 0.578. The number of amides is 1. The van der Waals surface area contributed by atoms with Crippen LogP contribution in [0.1, 0.15) is 16.1 Å². The molecule has 0 bridgehead atoms. The monoisotopic (exact) mass is 303 g/mol. The molecule has 21 heavy (non-hydrogen) atoms. The number of carboxylic acids is 1. The molecule has 0 spiro atoms. The highest BCUT2D eigenvalue weighted by atomic mass is 35.5. The van der Waals surface area contributed by atoms with Gasteiger partial charge in [0.25, 0.3) is 0 Å². The minimum Gasteiger partial charge on any atom is -0.477 e. The van der Waals surface area contributed by atoms with Gasteiger partial charge in [0.2, 0.25) is 5.91 Å². The molecule has 1 heterocycles. The predicted molar refractivity (Wildman–Crippen MR) is 76.2 cm³/mol. The van der Waals surface area contributed by atoms with Gasteiger partial charge in [-0.3, -0.25) is 4.79 Å². The van der Waals surface area contributed by atoms with E-state index in [-0.39, 0.29) is 17.8 Å². The quantitative estimate of drug-likeness (QED) is 0.906. The standard InChI is InChI=1S/C14H10ClN3O3/c15-10-4-3-9(7-16)11(6-10)17-13(19)8-18-5-1-2-12(18)14(20)21/h1-6H,8H2,(H,17,19)(H,20,21). The zero-order valence-electron chi connectivity index (χ0n) is 10.7. The molecular weight excluding hydrogens is 294 g/mol. The molecule has 0 fully saturated rings. The van der Waals surface area contributed by atoms with E-state index < -0.39 is 11.9 Å². The number of rotatable bonds is 4. The molecule has 0 saturated heterocycles. The maximum Gasteiger partial charge on any atom is 0.352 e. The largest absolute Gasteiger partial charge is 0.477 e. The maximum atomic E-state index is 12.0. The Balaban J connectivity index is 2.16. The van der Waals surface area contributed by atoms with Crippen molar-refractivity contribution < 1.29 is 14.7 Å². The molecule has 0 saturated carbocycles. The number of halogens is 1. The van der Waals surface area contributed by atoms with Crippen molar-refractivity contribution in [3.63, 3.8) is 0 Å². The average molecular weight is 304 g/mol. The molecule has 1 aromatic carbocycles. The van der Waals surface area contributed by atoms with Crippen LogP contribution in [0, 0.1) is 11.3 Å². The van der Waals surface area contributed by atoms with Crippen molar-refractivity contribution in [2.45, 2.75) is 6.54 Å². The topological polar surface area (TPSA) is 95.1 Å². The first-order valence-corrected chi connectivity index (χ1v) is 6.27. The number of aromatic carboxylic acids is 1. The Bertz CT molecular complexity index is 746. The molecule has 2 aromatic rings. The second kappa shape index (κ2) is 6.11. The minimum atomic E-state index is -1.12. The van der Waals surface area contributed by atoms with Gasteiger partial charge in [-0.25, -0.2) is 4.79 Å². The number of benzene rings is 1. The summed E-state index contributed by atoms with van der Waals surface area (Å²) in [5.74, 6) is -1.57. The highest BCUT2D eigenvalue weighted by molar-refractivity contribution is 6.31. The first-order valence-electron chi connectivity index (χ1n) is 5.89. The van der Waals surface area contributed by atoms with Gasteiger partial charge in [0.05, 0.1) is 11.3 Å². The van der Waals surface area contributed by atoms with Crippen molar-refractivity contribution in [1.29, 1.82) is 5.26 Å². The van der Waals surface area contributed by atoms with E-state index >= 15 is 0 Å². The summed E-state index contributed by atoms with van der Waals surface area (Å²) >= 11 is 5.82. The van der Waals surface area contributed by atoms with Crippen LogP contribution >= 0.6 is 11.6 Å². The van der Waals surface area contributed by atoms with E-state index in [1.54, 1.807) is 6.07 Å². The minimum absolute atomic E-state index is 0.0109. The number of carbonyl (C=O) groups excluding carboxylic acids is 1. The van der Waals surface area contributed by atoms with E-state index in [0.29, 0.717) is 10.7 Å². The van der Waals surface area contributed by atoms with Crippen LogP contribution in [0.2, 0.25) is 5.02 Å². The fourth-order valence-electron chi connectivity index (χ4n) is 1.81. The molecule has 0 atom stereocenters. The third-order valence-corrected chi connectivity index (χ3v) is 2.97. The van der Waals surface area contributed by atoms with Crippen molar-refractivity contribution >= 4 is 29.2 Å². The van der Waals surface area contributed by atoms with E-state index in [0.717, 1.165) is 0 Å². The van der Waals surface area contributed by atoms with Gasteiger partial charge in [0.1, 0.15) is 18.3 Å². The Morgan fingerprint density at radius 2 is 2.14 bits per heavy atom. The summed E-state index contributed by atoms with van der Waals surface area (Å²) in [5, 5.41) is 20.9. The van der Waals surface area contributed by atoms with Gasteiger partial charge in [-0.05, 0) is 30.3 Å². The lowest BCUT2D eigenvalue weighted by atomic mass is 10.2. The summed E-state index contributed by atoms with van der Waals surface area (Å²) < 4.78 is 1.30. The lowest BCUT2D eigenvalue weighted by Gasteiger charge is -2.09. The first kappa shape index (κ1) is 14.6. The second-order valence-corrected chi connectivity index (χ2v) is 4.61. The normalized spacial score (nSPS) is 9.90. The van der Waals surface area contributed by atoms with E-state index in [4.69, 9.17) is 22.0 Å². The smallest absolute Gasteiger partial charge is 0.352 e. The Morgan fingerprint density at radius 3 is 2.81 bits per heavy atom. The molecule has 0 unspecified atom stereocenters. The van der Waals surface area contributed by atoms with Crippen LogP contribution < -0.4 is 5.32 Å². The molecule has 0 radical (unpaired) electrons. The Kier molecular flexibility index (Phi) is 4.26. The zero-order chi connectivity index (χ0) is 15.4. The van der Waals surface area contributed by atoms with Gasteiger partial charge in [-0.2, -0.15) is 5.26 Å². The number of nitriles is 1. The van der Waals surface area contributed by atoms with Gasteiger partial charge in [0, 0.05) is 11.2 Å². The maximum absolute atomic E-state index is 12.0. The number of nitrogens with zero attached hydrogens (tertiary/aromatic N) is 2. The van der Waals surface area contributed by atoms with Crippen molar-refractivity contribution in [1.82, 2.24) is 4.57 Å².